The maximum atomic E-state index is 12.2. The van der Waals surface area contributed by atoms with Gasteiger partial charge in [0.2, 0.25) is 5.91 Å². The number of nitrogens with one attached hydrogen (secondary N) is 2. The molecule has 2 aromatic rings. The van der Waals surface area contributed by atoms with Gasteiger partial charge in [0, 0.05) is 23.9 Å². The van der Waals surface area contributed by atoms with E-state index in [0.29, 0.717) is 11.3 Å². The molecule has 0 spiro atoms. The van der Waals surface area contributed by atoms with Crippen LogP contribution in [0.2, 0.25) is 0 Å². The lowest BCUT2D eigenvalue weighted by Gasteiger charge is -2.57. The molecular formula is C25H29N3O2. The van der Waals surface area contributed by atoms with Gasteiger partial charge < -0.3 is 10.6 Å². The summed E-state index contributed by atoms with van der Waals surface area (Å²) >= 11 is 0. The van der Waals surface area contributed by atoms with Crippen LogP contribution in [0.5, 0.6) is 0 Å². The summed E-state index contributed by atoms with van der Waals surface area (Å²) in [5.74, 6) is 3.39. The Bertz CT molecular complexity index is 888. The highest BCUT2D eigenvalue weighted by Crippen LogP contribution is 2.56. The molecule has 4 saturated carbocycles. The van der Waals surface area contributed by atoms with Gasteiger partial charge in [-0.25, -0.2) is 4.98 Å². The summed E-state index contributed by atoms with van der Waals surface area (Å²) in [5.41, 5.74) is 1.54. The number of ketones is 1. The van der Waals surface area contributed by atoms with Crippen LogP contribution in [-0.4, -0.2) is 22.2 Å². The number of pyridine rings is 1. The third-order valence-electron chi connectivity index (χ3n) is 7.15. The highest BCUT2D eigenvalue weighted by Gasteiger charge is 2.51. The first-order valence-corrected chi connectivity index (χ1v) is 11.2. The minimum absolute atomic E-state index is 0.0148. The second kappa shape index (κ2) is 7.86. The van der Waals surface area contributed by atoms with E-state index >= 15 is 0 Å². The number of hydrogen-bond acceptors (Lipinski definition) is 4. The monoisotopic (exact) mass is 403 g/mol. The van der Waals surface area contributed by atoms with Gasteiger partial charge in [0.15, 0.2) is 5.78 Å². The summed E-state index contributed by atoms with van der Waals surface area (Å²) in [7, 11) is 0. The maximum absolute atomic E-state index is 12.2. The average molecular weight is 404 g/mol. The normalized spacial score (nSPS) is 28.9. The standard InChI is InChI=1S/C25H29N3O2/c29-22(20-4-2-1-3-5-20)7-9-24(30)27-21-6-8-23(26-16-21)28-25-13-17-10-18(14-25)12-19(11-17)15-25/h1-6,8,16-19H,7,9-15H2,(H,26,28)(H,27,30). The minimum Gasteiger partial charge on any atom is -0.365 e. The van der Waals surface area contributed by atoms with E-state index in [0.717, 1.165) is 23.6 Å². The van der Waals surface area contributed by atoms with Crippen LogP contribution in [0, 0.1) is 17.8 Å². The van der Waals surface area contributed by atoms with Crippen molar-refractivity contribution < 1.29 is 9.59 Å². The fourth-order valence-electron chi connectivity index (χ4n) is 6.30. The van der Waals surface area contributed by atoms with Crippen LogP contribution >= 0.6 is 0 Å². The lowest BCUT2D eigenvalue weighted by Crippen LogP contribution is -2.54. The smallest absolute Gasteiger partial charge is 0.224 e. The van der Waals surface area contributed by atoms with Gasteiger partial charge in [-0.15, -0.1) is 0 Å². The van der Waals surface area contributed by atoms with Crippen LogP contribution < -0.4 is 10.6 Å². The van der Waals surface area contributed by atoms with E-state index in [1.165, 1.54) is 38.5 Å². The number of carbonyl (C=O) groups excluding carboxylic acids is 2. The first-order valence-electron chi connectivity index (χ1n) is 11.2. The molecule has 2 N–H and O–H groups in total. The number of rotatable bonds is 7. The van der Waals surface area contributed by atoms with Crippen molar-refractivity contribution in [3.63, 3.8) is 0 Å². The van der Waals surface area contributed by atoms with E-state index in [-0.39, 0.29) is 30.1 Å². The van der Waals surface area contributed by atoms with Crippen molar-refractivity contribution in [2.24, 2.45) is 17.8 Å². The van der Waals surface area contributed by atoms with Crippen molar-refractivity contribution in [3.05, 3.63) is 54.2 Å². The lowest BCUT2D eigenvalue weighted by atomic mass is 9.53. The van der Waals surface area contributed by atoms with Crippen molar-refractivity contribution >= 4 is 23.2 Å². The second-order valence-corrected chi connectivity index (χ2v) is 9.59. The minimum atomic E-state index is -0.164. The Kier molecular flexibility index (Phi) is 5.05. The van der Waals surface area contributed by atoms with Gasteiger partial charge >= 0.3 is 0 Å². The van der Waals surface area contributed by atoms with Gasteiger partial charge in [0.25, 0.3) is 0 Å². The Morgan fingerprint density at radius 1 is 0.900 bits per heavy atom. The van der Waals surface area contributed by atoms with Crippen LogP contribution in [0.25, 0.3) is 0 Å². The SMILES string of the molecule is O=C(CCC(=O)c1ccccc1)Nc1ccc(NC23CC4CC(CC(C4)C2)C3)nc1. The zero-order valence-electron chi connectivity index (χ0n) is 17.3. The number of aromatic nitrogens is 1. The van der Waals surface area contributed by atoms with Crippen LogP contribution in [0.15, 0.2) is 48.7 Å². The molecule has 4 bridgehead atoms. The van der Waals surface area contributed by atoms with E-state index in [1.54, 1.807) is 18.3 Å². The Hall–Kier alpha value is -2.69. The van der Waals surface area contributed by atoms with Gasteiger partial charge in [-0.1, -0.05) is 30.3 Å². The number of carbonyl (C=O) groups is 2. The van der Waals surface area contributed by atoms with E-state index in [1.807, 2.05) is 30.3 Å². The maximum Gasteiger partial charge on any atom is 0.224 e. The summed E-state index contributed by atoms with van der Waals surface area (Å²) in [6, 6.07) is 12.9. The van der Waals surface area contributed by atoms with Crippen LogP contribution in [0.4, 0.5) is 11.5 Å². The van der Waals surface area contributed by atoms with Crippen molar-refractivity contribution in [1.29, 1.82) is 0 Å². The molecule has 156 valence electrons. The molecule has 0 atom stereocenters. The third-order valence-corrected chi connectivity index (χ3v) is 7.15. The van der Waals surface area contributed by atoms with Gasteiger partial charge in [-0.3, -0.25) is 9.59 Å². The largest absolute Gasteiger partial charge is 0.365 e. The summed E-state index contributed by atoms with van der Waals surface area (Å²) < 4.78 is 0. The summed E-state index contributed by atoms with van der Waals surface area (Å²) in [6.07, 6.45) is 10.2. The Labute approximate surface area is 177 Å². The van der Waals surface area contributed by atoms with E-state index in [4.69, 9.17) is 0 Å². The van der Waals surface area contributed by atoms with Gasteiger partial charge in [0.05, 0.1) is 11.9 Å². The molecule has 0 radical (unpaired) electrons. The zero-order valence-corrected chi connectivity index (χ0v) is 17.3. The van der Waals surface area contributed by atoms with Crippen molar-refractivity contribution in [3.8, 4) is 0 Å². The molecule has 4 aliphatic rings. The van der Waals surface area contributed by atoms with Crippen LogP contribution in [0.1, 0.15) is 61.7 Å². The topological polar surface area (TPSA) is 71.1 Å². The lowest BCUT2D eigenvalue weighted by molar-refractivity contribution is -0.116. The number of amides is 1. The molecule has 0 aliphatic heterocycles. The molecule has 1 aromatic heterocycles. The molecule has 0 unspecified atom stereocenters. The van der Waals surface area contributed by atoms with E-state index in [9.17, 15) is 9.59 Å². The highest BCUT2D eigenvalue weighted by atomic mass is 16.2. The Morgan fingerprint density at radius 3 is 2.17 bits per heavy atom. The first kappa shape index (κ1) is 19.3. The van der Waals surface area contributed by atoms with Gasteiger partial charge in [0.1, 0.15) is 5.82 Å². The predicted octanol–water partition coefficient (Wildman–Crippen LogP) is 5.06. The molecule has 30 heavy (non-hydrogen) atoms. The Morgan fingerprint density at radius 2 is 1.57 bits per heavy atom. The fourth-order valence-corrected chi connectivity index (χ4v) is 6.30. The third kappa shape index (κ3) is 4.11. The summed E-state index contributed by atoms with van der Waals surface area (Å²) in [5, 5.41) is 6.61. The predicted molar refractivity (Wildman–Crippen MR) is 117 cm³/mol. The zero-order chi connectivity index (χ0) is 20.6. The number of anilines is 2. The molecule has 5 heteroatoms. The van der Waals surface area contributed by atoms with Crippen molar-refractivity contribution in [2.75, 3.05) is 10.6 Å². The molecule has 4 fully saturated rings. The highest BCUT2D eigenvalue weighted by molar-refractivity contribution is 5.99. The summed E-state index contributed by atoms with van der Waals surface area (Å²) in [6.45, 7) is 0. The average Bonchev–Trinajstić information content (AvgIpc) is 2.73. The van der Waals surface area contributed by atoms with Gasteiger partial charge in [-0.05, 0) is 68.4 Å². The molecule has 1 amide bonds. The molecule has 4 aliphatic carbocycles. The number of hydrogen-bond donors (Lipinski definition) is 2. The molecule has 1 heterocycles. The number of benzene rings is 1. The van der Waals surface area contributed by atoms with E-state index < -0.39 is 0 Å². The molecule has 0 saturated heterocycles. The van der Waals surface area contributed by atoms with E-state index in [2.05, 4.69) is 15.6 Å². The molecule has 1 aromatic carbocycles. The number of nitrogens with zero attached hydrogens (tertiary/aromatic N) is 1. The van der Waals surface area contributed by atoms with Crippen molar-refractivity contribution in [2.45, 2.75) is 56.9 Å². The Balaban J connectivity index is 1.14. The van der Waals surface area contributed by atoms with Gasteiger partial charge in [-0.2, -0.15) is 0 Å². The van der Waals surface area contributed by atoms with Crippen LogP contribution in [0.3, 0.4) is 0 Å². The first-order chi connectivity index (χ1) is 14.6. The summed E-state index contributed by atoms with van der Waals surface area (Å²) in [4.78, 5) is 28.9. The quantitative estimate of drug-likeness (QED) is 0.634. The molecule has 5 nitrogen and oxygen atoms in total. The molecular weight excluding hydrogens is 374 g/mol. The number of Topliss-reactive ketones (excluding diaryl/α,β-unsaturated/α-hetero) is 1. The second-order valence-electron chi connectivity index (χ2n) is 9.59. The van der Waals surface area contributed by atoms with Crippen molar-refractivity contribution in [1.82, 2.24) is 4.98 Å². The van der Waals surface area contributed by atoms with Crippen LogP contribution in [-0.2, 0) is 4.79 Å². The molecule has 6 rings (SSSR count). The fraction of sp³-hybridized carbons (Fsp3) is 0.480.